The molecule has 28 heavy (non-hydrogen) atoms. The first-order valence-corrected chi connectivity index (χ1v) is 9.48. The third-order valence-electron chi connectivity index (χ3n) is 4.41. The standard InChI is InChI=1S/C19H30F2N4O2.HI/c1-3-22-19(23-9-12-25-10-5-4-6-11-25)24-14-15-7-8-16(26-2)13-17(15)27-18(20)21;/h7-8,13,18H,3-6,9-12,14H2,1-2H3,(H2,22,23,24);1H. The SMILES string of the molecule is CCNC(=NCc1ccc(OC)cc1OC(F)F)NCCN1CCCCC1.I. The number of rotatable bonds is 9. The third kappa shape index (κ3) is 8.76. The molecular weight excluding hydrogens is 481 g/mol. The van der Waals surface area contributed by atoms with Gasteiger partial charge in [-0.2, -0.15) is 8.78 Å². The number of hydrogen-bond acceptors (Lipinski definition) is 4. The van der Waals surface area contributed by atoms with Crippen LogP contribution in [-0.4, -0.2) is 57.3 Å². The van der Waals surface area contributed by atoms with Crippen molar-refractivity contribution < 1.29 is 18.3 Å². The molecule has 0 amide bonds. The number of benzene rings is 1. The predicted molar refractivity (Wildman–Crippen MR) is 118 cm³/mol. The van der Waals surface area contributed by atoms with Gasteiger partial charge in [-0.15, -0.1) is 24.0 Å². The molecule has 1 aliphatic heterocycles. The second-order valence-electron chi connectivity index (χ2n) is 6.38. The van der Waals surface area contributed by atoms with E-state index >= 15 is 0 Å². The highest BCUT2D eigenvalue weighted by atomic mass is 127. The number of halogens is 3. The number of guanidine groups is 1. The normalized spacial score (nSPS) is 15.1. The van der Waals surface area contributed by atoms with Gasteiger partial charge in [0.05, 0.1) is 13.7 Å². The molecule has 0 aromatic heterocycles. The average Bonchev–Trinajstić information content (AvgIpc) is 2.67. The summed E-state index contributed by atoms with van der Waals surface area (Å²) < 4.78 is 35.0. The number of aliphatic imine (C=N–C) groups is 1. The molecule has 0 bridgehead atoms. The van der Waals surface area contributed by atoms with Crippen molar-refractivity contribution in [3.8, 4) is 11.5 Å². The fraction of sp³-hybridized carbons (Fsp3) is 0.632. The Morgan fingerprint density at radius 3 is 2.61 bits per heavy atom. The van der Waals surface area contributed by atoms with Gasteiger partial charge < -0.3 is 25.0 Å². The zero-order valence-electron chi connectivity index (χ0n) is 16.5. The summed E-state index contributed by atoms with van der Waals surface area (Å²) in [6.07, 6.45) is 3.84. The average molecular weight is 512 g/mol. The molecule has 2 rings (SSSR count). The van der Waals surface area contributed by atoms with E-state index in [4.69, 9.17) is 4.74 Å². The number of likely N-dealkylation sites (tertiary alicyclic amines) is 1. The molecule has 2 N–H and O–H groups in total. The van der Waals surface area contributed by atoms with Gasteiger partial charge in [0.15, 0.2) is 5.96 Å². The molecule has 0 aliphatic carbocycles. The maximum atomic E-state index is 12.7. The Kier molecular flexibility index (Phi) is 12.1. The summed E-state index contributed by atoms with van der Waals surface area (Å²) >= 11 is 0. The minimum atomic E-state index is -2.89. The monoisotopic (exact) mass is 512 g/mol. The van der Waals surface area contributed by atoms with Gasteiger partial charge in [-0.3, -0.25) is 0 Å². The lowest BCUT2D eigenvalue weighted by Gasteiger charge is -2.26. The van der Waals surface area contributed by atoms with Crippen molar-refractivity contribution in [2.24, 2.45) is 4.99 Å². The number of ether oxygens (including phenoxy) is 2. The predicted octanol–water partition coefficient (Wildman–Crippen LogP) is 3.46. The minimum absolute atomic E-state index is 0. The van der Waals surface area contributed by atoms with Crippen LogP contribution in [-0.2, 0) is 6.54 Å². The van der Waals surface area contributed by atoms with Crippen LogP contribution in [0, 0.1) is 0 Å². The second-order valence-corrected chi connectivity index (χ2v) is 6.38. The van der Waals surface area contributed by atoms with Gasteiger partial charge in [-0.25, -0.2) is 4.99 Å². The summed E-state index contributed by atoms with van der Waals surface area (Å²) in [5.41, 5.74) is 0.573. The van der Waals surface area contributed by atoms with E-state index in [-0.39, 0.29) is 36.3 Å². The number of alkyl halides is 2. The van der Waals surface area contributed by atoms with Gasteiger partial charge in [0.1, 0.15) is 11.5 Å². The molecule has 1 saturated heterocycles. The summed E-state index contributed by atoms with van der Waals surface area (Å²) in [5.74, 6) is 1.20. The molecule has 0 unspecified atom stereocenters. The maximum absolute atomic E-state index is 12.7. The molecule has 6 nitrogen and oxygen atoms in total. The van der Waals surface area contributed by atoms with E-state index in [0.29, 0.717) is 17.3 Å². The van der Waals surface area contributed by atoms with E-state index in [0.717, 1.165) is 32.7 Å². The largest absolute Gasteiger partial charge is 0.497 e. The number of nitrogens with one attached hydrogen (secondary N) is 2. The molecule has 1 heterocycles. The van der Waals surface area contributed by atoms with E-state index in [1.54, 1.807) is 12.1 Å². The van der Waals surface area contributed by atoms with Crippen LogP contribution >= 0.6 is 24.0 Å². The first-order valence-electron chi connectivity index (χ1n) is 9.48. The van der Waals surface area contributed by atoms with Gasteiger partial charge in [-0.05, 0) is 45.0 Å². The topological polar surface area (TPSA) is 58.1 Å². The van der Waals surface area contributed by atoms with Crippen molar-refractivity contribution in [3.63, 3.8) is 0 Å². The molecular formula is C19H31F2IN4O2. The molecule has 0 atom stereocenters. The quantitative estimate of drug-likeness (QED) is 0.302. The Bertz CT molecular complexity index is 599. The Balaban J connectivity index is 0.00000392. The van der Waals surface area contributed by atoms with E-state index in [1.165, 1.54) is 32.4 Å². The molecule has 1 fully saturated rings. The fourth-order valence-electron chi connectivity index (χ4n) is 3.02. The molecule has 1 aromatic carbocycles. The van der Waals surface area contributed by atoms with E-state index in [2.05, 4.69) is 25.3 Å². The van der Waals surface area contributed by atoms with Gasteiger partial charge in [0.25, 0.3) is 0 Å². The Hall–Kier alpha value is -1.36. The van der Waals surface area contributed by atoms with Crippen molar-refractivity contribution >= 4 is 29.9 Å². The van der Waals surface area contributed by atoms with Gasteiger partial charge in [0.2, 0.25) is 0 Å². The molecule has 0 spiro atoms. The van der Waals surface area contributed by atoms with Gasteiger partial charge in [-0.1, -0.05) is 6.42 Å². The summed E-state index contributed by atoms with van der Waals surface area (Å²) in [6.45, 7) is 4.09. The Morgan fingerprint density at radius 1 is 1.21 bits per heavy atom. The van der Waals surface area contributed by atoms with Crippen LogP contribution in [0.4, 0.5) is 8.78 Å². The molecule has 1 aliphatic rings. The highest BCUT2D eigenvalue weighted by molar-refractivity contribution is 14.0. The van der Waals surface area contributed by atoms with Crippen LogP contribution in [0.1, 0.15) is 31.7 Å². The smallest absolute Gasteiger partial charge is 0.387 e. The number of nitrogens with zero attached hydrogens (tertiary/aromatic N) is 2. The second kappa shape index (κ2) is 13.8. The fourth-order valence-corrected chi connectivity index (χ4v) is 3.02. The summed E-state index contributed by atoms with van der Waals surface area (Å²) in [4.78, 5) is 6.94. The van der Waals surface area contributed by atoms with E-state index in [9.17, 15) is 8.78 Å². The molecule has 0 saturated carbocycles. The first kappa shape index (κ1) is 24.7. The highest BCUT2D eigenvalue weighted by Gasteiger charge is 2.12. The minimum Gasteiger partial charge on any atom is -0.497 e. The summed E-state index contributed by atoms with van der Waals surface area (Å²) in [5, 5.41) is 6.48. The van der Waals surface area contributed by atoms with Crippen molar-refractivity contribution in [1.82, 2.24) is 15.5 Å². The van der Waals surface area contributed by atoms with Crippen LogP contribution in [0.3, 0.4) is 0 Å². The highest BCUT2D eigenvalue weighted by Crippen LogP contribution is 2.27. The lowest BCUT2D eigenvalue weighted by molar-refractivity contribution is -0.0505. The van der Waals surface area contributed by atoms with Crippen molar-refractivity contribution in [2.75, 3.05) is 39.8 Å². The van der Waals surface area contributed by atoms with Crippen LogP contribution in [0.15, 0.2) is 23.2 Å². The lowest BCUT2D eigenvalue weighted by Crippen LogP contribution is -2.42. The van der Waals surface area contributed by atoms with Gasteiger partial charge in [0, 0.05) is 31.3 Å². The van der Waals surface area contributed by atoms with Crippen molar-refractivity contribution in [1.29, 1.82) is 0 Å². The molecule has 9 heteroatoms. The third-order valence-corrected chi connectivity index (χ3v) is 4.41. The molecule has 0 radical (unpaired) electrons. The molecule has 1 aromatic rings. The number of piperidine rings is 1. The zero-order chi connectivity index (χ0) is 19.5. The van der Waals surface area contributed by atoms with E-state index in [1.807, 2.05) is 6.92 Å². The van der Waals surface area contributed by atoms with Gasteiger partial charge >= 0.3 is 6.61 Å². The Morgan fingerprint density at radius 2 is 1.96 bits per heavy atom. The summed E-state index contributed by atoms with van der Waals surface area (Å²) in [6, 6.07) is 4.85. The maximum Gasteiger partial charge on any atom is 0.387 e. The summed E-state index contributed by atoms with van der Waals surface area (Å²) in [7, 11) is 1.48. The zero-order valence-corrected chi connectivity index (χ0v) is 18.9. The number of methoxy groups -OCH3 is 1. The van der Waals surface area contributed by atoms with Crippen molar-refractivity contribution in [2.45, 2.75) is 39.3 Å². The Labute approximate surface area is 183 Å². The van der Waals surface area contributed by atoms with Crippen LogP contribution in [0.2, 0.25) is 0 Å². The molecule has 160 valence electrons. The first-order chi connectivity index (χ1) is 13.1. The number of hydrogen-bond donors (Lipinski definition) is 2. The van der Waals surface area contributed by atoms with Crippen molar-refractivity contribution in [3.05, 3.63) is 23.8 Å². The van der Waals surface area contributed by atoms with E-state index < -0.39 is 6.61 Å². The van der Waals surface area contributed by atoms with Crippen LogP contribution < -0.4 is 20.1 Å². The van der Waals surface area contributed by atoms with Crippen LogP contribution in [0.5, 0.6) is 11.5 Å². The van der Waals surface area contributed by atoms with Crippen LogP contribution in [0.25, 0.3) is 0 Å². The lowest BCUT2D eigenvalue weighted by atomic mass is 10.1.